The van der Waals surface area contributed by atoms with Crippen molar-refractivity contribution in [1.29, 1.82) is 0 Å². The minimum absolute atomic E-state index is 0.154. The van der Waals surface area contributed by atoms with Crippen LogP contribution in [-0.4, -0.2) is 46.2 Å². The zero-order chi connectivity index (χ0) is 16.4. The van der Waals surface area contributed by atoms with Gasteiger partial charge in [-0.2, -0.15) is 5.10 Å². The number of hydrogen-bond donors (Lipinski definition) is 1. The molecule has 1 fully saturated rings. The van der Waals surface area contributed by atoms with Crippen LogP contribution in [0.1, 0.15) is 24.3 Å². The molecule has 6 heteroatoms. The Labute approximate surface area is 134 Å². The third-order valence-electron chi connectivity index (χ3n) is 4.17. The summed E-state index contributed by atoms with van der Waals surface area (Å²) in [6.45, 7) is 6.22. The maximum Gasteiger partial charge on any atom is 0.274 e. The van der Waals surface area contributed by atoms with Gasteiger partial charge in [0.25, 0.3) is 11.5 Å². The van der Waals surface area contributed by atoms with E-state index in [0.717, 1.165) is 18.8 Å². The van der Waals surface area contributed by atoms with Gasteiger partial charge in [-0.25, -0.2) is 5.10 Å². The van der Waals surface area contributed by atoms with Crippen molar-refractivity contribution in [3.63, 3.8) is 0 Å². The van der Waals surface area contributed by atoms with Crippen molar-refractivity contribution in [2.24, 2.45) is 0 Å². The first-order valence-electron chi connectivity index (χ1n) is 7.65. The predicted octanol–water partition coefficient (Wildman–Crippen LogP) is 1.51. The highest BCUT2D eigenvalue weighted by molar-refractivity contribution is 5.92. The van der Waals surface area contributed by atoms with Gasteiger partial charge in [0.2, 0.25) is 0 Å². The number of amides is 1. The molecule has 0 aliphatic carbocycles. The smallest absolute Gasteiger partial charge is 0.274 e. The maximum atomic E-state index is 12.7. The molecule has 0 unspecified atom stereocenters. The van der Waals surface area contributed by atoms with Crippen LogP contribution in [0.5, 0.6) is 0 Å². The Hall–Kier alpha value is -2.63. The monoisotopic (exact) mass is 312 g/mol. The number of nitrogens with zero attached hydrogens (tertiary/aromatic N) is 3. The summed E-state index contributed by atoms with van der Waals surface area (Å²) in [4.78, 5) is 27.9. The number of aromatic amines is 1. The van der Waals surface area contributed by atoms with Gasteiger partial charge in [-0.1, -0.05) is 18.2 Å². The van der Waals surface area contributed by atoms with E-state index in [0.29, 0.717) is 6.54 Å². The highest BCUT2D eigenvalue weighted by Gasteiger charge is 2.37. The Bertz CT molecular complexity index is 734. The number of rotatable bonds is 2. The second kappa shape index (κ2) is 5.87. The van der Waals surface area contributed by atoms with Gasteiger partial charge in [-0.15, -0.1) is 0 Å². The number of benzene rings is 1. The second-order valence-corrected chi connectivity index (χ2v) is 6.33. The molecule has 6 nitrogen and oxygen atoms in total. The van der Waals surface area contributed by atoms with E-state index in [1.165, 1.54) is 12.1 Å². The van der Waals surface area contributed by atoms with Gasteiger partial charge >= 0.3 is 0 Å². The topological polar surface area (TPSA) is 69.3 Å². The molecule has 1 aromatic heterocycles. The normalized spacial score (nSPS) is 17.1. The van der Waals surface area contributed by atoms with E-state index in [1.54, 1.807) is 0 Å². The first kappa shape index (κ1) is 15.3. The summed E-state index contributed by atoms with van der Waals surface area (Å²) in [5, 5.41) is 6.17. The number of hydrogen-bond acceptors (Lipinski definition) is 4. The van der Waals surface area contributed by atoms with E-state index in [1.807, 2.05) is 36.9 Å². The molecular weight excluding hydrogens is 292 g/mol. The average Bonchev–Trinajstić information content (AvgIpc) is 2.55. The van der Waals surface area contributed by atoms with E-state index in [9.17, 15) is 9.59 Å². The van der Waals surface area contributed by atoms with Crippen LogP contribution in [0, 0.1) is 0 Å². The van der Waals surface area contributed by atoms with Crippen LogP contribution in [0.3, 0.4) is 0 Å². The van der Waals surface area contributed by atoms with Crippen LogP contribution in [0.25, 0.3) is 0 Å². The number of carbonyl (C=O) groups excluding carboxylic acids is 1. The van der Waals surface area contributed by atoms with Crippen molar-refractivity contribution in [2.75, 3.05) is 24.5 Å². The van der Waals surface area contributed by atoms with E-state index in [-0.39, 0.29) is 22.7 Å². The molecule has 0 radical (unpaired) electrons. The standard InChI is InChI=1S/C17H20N4O2/c1-17(2)12-20(13-6-4-3-5-7-13)10-11-21(17)16(23)14-8-9-15(22)19-18-14/h3-9H,10-12H2,1-2H3,(H,19,22). The van der Waals surface area contributed by atoms with Gasteiger partial charge in [0.05, 0.1) is 5.54 Å². The van der Waals surface area contributed by atoms with E-state index in [4.69, 9.17) is 0 Å². The molecular formula is C17H20N4O2. The van der Waals surface area contributed by atoms with Gasteiger partial charge in [0.15, 0.2) is 0 Å². The minimum Gasteiger partial charge on any atom is -0.367 e. The zero-order valence-corrected chi connectivity index (χ0v) is 13.3. The second-order valence-electron chi connectivity index (χ2n) is 6.33. The summed E-state index contributed by atoms with van der Waals surface area (Å²) in [5.41, 5.74) is 0.790. The maximum absolute atomic E-state index is 12.7. The quantitative estimate of drug-likeness (QED) is 0.912. The Morgan fingerprint density at radius 3 is 2.48 bits per heavy atom. The molecule has 1 aliphatic rings. The summed E-state index contributed by atoms with van der Waals surface area (Å²) in [7, 11) is 0. The third kappa shape index (κ3) is 3.11. The summed E-state index contributed by atoms with van der Waals surface area (Å²) in [6.07, 6.45) is 0. The molecule has 2 heterocycles. The predicted molar refractivity (Wildman–Crippen MR) is 88.6 cm³/mol. The molecule has 0 bridgehead atoms. The van der Waals surface area contributed by atoms with E-state index < -0.39 is 0 Å². The van der Waals surface area contributed by atoms with Crippen LogP contribution >= 0.6 is 0 Å². The fourth-order valence-corrected chi connectivity index (χ4v) is 2.99. The first-order chi connectivity index (χ1) is 11.0. The number of carbonyl (C=O) groups is 1. The first-order valence-corrected chi connectivity index (χ1v) is 7.65. The summed E-state index contributed by atoms with van der Waals surface area (Å²) >= 11 is 0. The van der Waals surface area contributed by atoms with Gasteiger partial charge in [-0.05, 0) is 32.0 Å². The Balaban J connectivity index is 1.79. The lowest BCUT2D eigenvalue weighted by Gasteiger charge is -2.47. The lowest BCUT2D eigenvalue weighted by molar-refractivity contribution is 0.0507. The number of aromatic nitrogens is 2. The molecule has 3 rings (SSSR count). The zero-order valence-electron chi connectivity index (χ0n) is 13.3. The van der Waals surface area contributed by atoms with Gasteiger partial charge in [0.1, 0.15) is 5.69 Å². The number of anilines is 1. The largest absolute Gasteiger partial charge is 0.367 e. The van der Waals surface area contributed by atoms with Gasteiger partial charge < -0.3 is 9.80 Å². The number of nitrogens with one attached hydrogen (secondary N) is 1. The summed E-state index contributed by atoms with van der Waals surface area (Å²) in [5.74, 6) is -0.154. The number of para-hydroxylation sites is 1. The lowest BCUT2D eigenvalue weighted by atomic mass is 9.97. The minimum atomic E-state index is -0.330. The van der Waals surface area contributed by atoms with Crippen LogP contribution in [0.4, 0.5) is 5.69 Å². The van der Waals surface area contributed by atoms with Gasteiger partial charge in [0, 0.05) is 31.4 Å². The molecule has 0 spiro atoms. The van der Waals surface area contributed by atoms with Crippen molar-refractivity contribution in [3.05, 3.63) is 58.5 Å². The summed E-state index contributed by atoms with van der Waals surface area (Å²) in [6, 6.07) is 13.0. The van der Waals surface area contributed by atoms with Crippen molar-refractivity contribution < 1.29 is 4.79 Å². The van der Waals surface area contributed by atoms with E-state index in [2.05, 4.69) is 27.2 Å². The molecule has 2 aromatic rings. The SMILES string of the molecule is CC1(C)CN(c2ccccc2)CCN1C(=O)c1ccc(=O)[nH]n1. The van der Waals surface area contributed by atoms with E-state index >= 15 is 0 Å². The van der Waals surface area contributed by atoms with Crippen molar-refractivity contribution in [3.8, 4) is 0 Å². The fourth-order valence-electron chi connectivity index (χ4n) is 2.99. The van der Waals surface area contributed by atoms with Crippen molar-refractivity contribution >= 4 is 11.6 Å². The molecule has 1 amide bonds. The molecule has 120 valence electrons. The third-order valence-corrected chi connectivity index (χ3v) is 4.17. The Kier molecular flexibility index (Phi) is 3.90. The molecule has 1 N–H and O–H groups in total. The molecule has 1 saturated heterocycles. The van der Waals surface area contributed by atoms with Crippen molar-refractivity contribution in [1.82, 2.24) is 15.1 Å². The van der Waals surface area contributed by atoms with Gasteiger partial charge in [-0.3, -0.25) is 9.59 Å². The lowest BCUT2D eigenvalue weighted by Crippen LogP contribution is -2.61. The molecule has 0 atom stereocenters. The molecule has 1 aliphatic heterocycles. The molecule has 1 aromatic carbocycles. The molecule has 23 heavy (non-hydrogen) atoms. The molecule has 0 saturated carbocycles. The fraction of sp³-hybridized carbons (Fsp3) is 0.353. The highest BCUT2D eigenvalue weighted by atomic mass is 16.2. The Morgan fingerprint density at radius 2 is 1.87 bits per heavy atom. The van der Waals surface area contributed by atoms with Crippen LogP contribution < -0.4 is 10.5 Å². The Morgan fingerprint density at radius 1 is 1.13 bits per heavy atom. The van der Waals surface area contributed by atoms with Crippen LogP contribution in [0.2, 0.25) is 0 Å². The highest BCUT2D eigenvalue weighted by Crippen LogP contribution is 2.26. The number of piperazine rings is 1. The summed E-state index contributed by atoms with van der Waals surface area (Å²) < 4.78 is 0. The van der Waals surface area contributed by atoms with Crippen molar-refractivity contribution in [2.45, 2.75) is 19.4 Å². The van der Waals surface area contributed by atoms with Crippen LogP contribution in [-0.2, 0) is 0 Å². The number of H-pyrrole nitrogens is 1. The van der Waals surface area contributed by atoms with Crippen LogP contribution in [0.15, 0.2) is 47.3 Å². The average molecular weight is 312 g/mol.